The minimum atomic E-state index is 0.562. The highest BCUT2D eigenvalue weighted by Gasteiger charge is 2.41. The van der Waals surface area contributed by atoms with Crippen LogP contribution in [0.2, 0.25) is 0 Å². The van der Waals surface area contributed by atoms with Crippen LogP contribution in [0.3, 0.4) is 0 Å². The summed E-state index contributed by atoms with van der Waals surface area (Å²) in [6, 6.07) is 7.10. The molecule has 1 aromatic heterocycles. The fourth-order valence-electron chi connectivity index (χ4n) is 4.31. The summed E-state index contributed by atoms with van der Waals surface area (Å²) in [5.41, 5.74) is 2.42. The molecule has 0 radical (unpaired) electrons. The number of fused-ring (bicyclic) bond motifs is 3. The van der Waals surface area contributed by atoms with E-state index in [1.54, 1.807) is 11.3 Å². The van der Waals surface area contributed by atoms with E-state index in [4.69, 9.17) is 4.98 Å². The van der Waals surface area contributed by atoms with Crippen LogP contribution in [0.15, 0.2) is 18.2 Å². The molecule has 2 aliphatic carbocycles. The number of hydrogen-bond donors (Lipinski definition) is 1. The molecule has 2 bridgehead atoms. The monoisotopic (exact) mass is 286 g/mol. The third-order valence-electron chi connectivity index (χ3n) is 5.33. The maximum atomic E-state index is 4.75. The zero-order valence-corrected chi connectivity index (χ0v) is 13.0. The van der Waals surface area contributed by atoms with Crippen LogP contribution in [-0.4, -0.2) is 11.0 Å². The first kappa shape index (κ1) is 12.6. The fraction of sp³-hybridized carbons (Fsp3) is 0.588. The van der Waals surface area contributed by atoms with Gasteiger partial charge in [0.05, 0.1) is 10.2 Å². The van der Waals surface area contributed by atoms with Gasteiger partial charge in [0.2, 0.25) is 0 Å². The second-order valence-corrected chi connectivity index (χ2v) is 7.79. The Labute approximate surface area is 124 Å². The third kappa shape index (κ3) is 2.12. The van der Waals surface area contributed by atoms with E-state index in [1.165, 1.54) is 35.9 Å². The third-order valence-corrected chi connectivity index (χ3v) is 6.30. The molecule has 1 heterocycles. The van der Waals surface area contributed by atoms with Crippen molar-refractivity contribution in [3.63, 3.8) is 0 Å². The molecule has 2 aliphatic rings. The van der Waals surface area contributed by atoms with E-state index >= 15 is 0 Å². The number of aryl methyl sites for hydroxylation is 1. The second-order valence-electron chi connectivity index (χ2n) is 6.76. The first-order chi connectivity index (χ1) is 9.69. The maximum absolute atomic E-state index is 4.75. The molecular weight excluding hydrogens is 264 g/mol. The molecule has 1 N–H and O–H groups in total. The molecule has 4 atom stereocenters. The summed E-state index contributed by atoms with van der Waals surface area (Å²) < 4.78 is 1.29. The largest absolute Gasteiger partial charge is 0.359 e. The maximum Gasteiger partial charge on any atom is 0.184 e. The van der Waals surface area contributed by atoms with Crippen molar-refractivity contribution in [2.45, 2.75) is 45.6 Å². The summed E-state index contributed by atoms with van der Waals surface area (Å²) in [6.07, 6.45) is 5.85. The lowest BCUT2D eigenvalue weighted by Gasteiger charge is -2.28. The lowest BCUT2D eigenvalue weighted by molar-refractivity contribution is 0.304. The Balaban J connectivity index is 1.52. The van der Waals surface area contributed by atoms with Crippen LogP contribution in [0.25, 0.3) is 10.2 Å². The average molecular weight is 286 g/mol. The van der Waals surface area contributed by atoms with Gasteiger partial charge in [-0.25, -0.2) is 4.98 Å². The fourth-order valence-corrected chi connectivity index (χ4v) is 5.25. The molecule has 2 fully saturated rings. The van der Waals surface area contributed by atoms with Crippen molar-refractivity contribution >= 4 is 26.7 Å². The van der Waals surface area contributed by atoms with E-state index in [0.29, 0.717) is 6.04 Å². The minimum absolute atomic E-state index is 0.562. The van der Waals surface area contributed by atoms with Crippen molar-refractivity contribution in [3.05, 3.63) is 23.8 Å². The molecule has 2 aromatic rings. The molecule has 1 aromatic carbocycles. The zero-order valence-electron chi connectivity index (χ0n) is 12.2. The van der Waals surface area contributed by atoms with Crippen molar-refractivity contribution in [2.24, 2.45) is 17.8 Å². The number of anilines is 1. The van der Waals surface area contributed by atoms with Gasteiger partial charge in [-0.15, -0.1) is 0 Å². The van der Waals surface area contributed by atoms with Gasteiger partial charge in [-0.2, -0.15) is 0 Å². The van der Waals surface area contributed by atoms with E-state index < -0.39 is 0 Å². The number of thiazole rings is 1. The average Bonchev–Trinajstić information content (AvgIpc) is 3.11. The number of rotatable bonds is 3. The van der Waals surface area contributed by atoms with Gasteiger partial charge in [0, 0.05) is 6.04 Å². The number of benzene rings is 1. The van der Waals surface area contributed by atoms with Gasteiger partial charge >= 0.3 is 0 Å². The number of nitrogens with zero attached hydrogens (tertiary/aromatic N) is 1. The molecule has 2 saturated carbocycles. The standard InChI is InChI=1S/C17H22N2S/c1-10-3-6-16-15(7-10)19-17(20-16)18-11(2)14-9-12-4-5-13(14)8-12/h3,6-7,11-14H,4-5,8-9H2,1-2H3,(H,18,19). The van der Waals surface area contributed by atoms with Gasteiger partial charge in [-0.05, 0) is 68.6 Å². The SMILES string of the molecule is Cc1ccc2sc(NC(C)C3CC4CCC3C4)nc2c1. The predicted molar refractivity (Wildman–Crippen MR) is 86.4 cm³/mol. The van der Waals surface area contributed by atoms with Crippen LogP contribution in [-0.2, 0) is 0 Å². The van der Waals surface area contributed by atoms with E-state index in [9.17, 15) is 0 Å². The molecule has 0 spiro atoms. The topological polar surface area (TPSA) is 24.9 Å². The van der Waals surface area contributed by atoms with Crippen molar-refractivity contribution < 1.29 is 0 Å². The summed E-state index contributed by atoms with van der Waals surface area (Å²) in [4.78, 5) is 4.75. The Morgan fingerprint density at radius 2 is 2.20 bits per heavy atom. The smallest absolute Gasteiger partial charge is 0.184 e. The molecule has 3 heteroatoms. The van der Waals surface area contributed by atoms with Gasteiger partial charge in [0.1, 0.15) is 0 Å². The molecule has 2 nitrogen and oxygen atoms in total. The van der Waals surface area contributed by atoms with Crippen LogP contribution in [0, 0.1) is 24.7 Å². The van der Waals surface area contributed by atoms with Crippen molar-refractivity contribution in [1.82, 2.24) is 4.98 Å². The van der Waals surface area contributed by atoms with Crippen LogP contribution >= 0.6 is 11.3 Å². The Bertz CT molecular complexity index is 633. The van der Waals surface area contributed by atoms with Gasteiger partial charge in [0.25, 0.3) is 0 Å². The number of aromatic nitrogens is 1. The normalized spacial score (nSPS) is 30.0. The summed E-state index contributed by atoms with van der Waals surface area (Å²) in [6.45, 7) is 4.48. The van der Waals surface area contributed by atoms with E-state index in [2.05, 4.69) is 37.4 Å². The molecule has 0 amide bonds. The van der Waals surface area contributed by atoms with Gasteiger partial charge < -0.3 is 5.32 Å². The Kier molecular flexibility index (Phi) is 2.99. The van der Waals surface area contributed by atoms with Crippen molar-refractivity contribution in [3.8, 4) is 0 Å². The van der Waals surface area contributed by atoms with E-state index in [0.717, 1.165) is 28.4 Å². The molecule has 4 rings (SSSR count). The molecule has 0 aliphatic heterocycles. The molecule has 4 unspecified atom stereocenters. The molecule has 0 saturated heterocycles. The zero-order chi connectivity index (χ0) is 13.7. The number of hydrogen-bond acceptors (Lipinski definition) is 3. The lowest BCUT2D eigenvalue weighted by atomic mass is 9.84. The molecular formula is C17H22N2S. The Morgan fingerprint density at radius 1 is 1.30 bits per heavy atom. The van der Waals surface area contributed by atoms with Crippen LogP contribution in [0.4, 0.5) is 5.13 Å². The minimum Gasteiger partial charge on any atom is -0.359 e. The highest BCUT2D eigenvalue weighted by Crippen LogP contribution is 2.50. The van der Waals surface area contributed by atoms with E-state index in [-0.39, 0.29) is 0 Å². The van der Waals surface area contributed by atoms with Gasteiger partial charge in [0.15, 0.2) is 5.13 Å². The van der Waals surface area contributed by atoms with Crippen LogP contribution in [0.5, 0.6) is 0 Å². The van der Waals surface area contributed by atoms with Gasteiger partial charge in [-0.3, -0.25) is 0 Å². The highest BCUT2D eigenvalue weighted by atomic mass is 32.1. The lowest BCUT2D eigenvalue weighted by Crippen LogP contribution is -2.29. The van der Waals surface area contributed by atoms with Crippen LogP contribution < -0.4 is 5.32 Å². The number of nitrogens with one attached hydrogen (secondary N) is 1. The molecule has 20 heavy (non-hydrogen) atoms. The van der Waals surface area contributed by atoms with Crippen molar-refractivity contribution in [2.75, 3.05) is 5.32 Å². The summed E-state index contributed by atoms with van der Waals surface area (Å²) in [7, 11) is 0. The first-order valence-electron chi connectivity index (χ1n) is 7.83. The Hall–Kier alpha value is -1.09. The van der Waals surface area contributed by atoms with Crippen LogP contribution in [0.1, 0.15) is 38.2 Å². The summed E-state index contributed by atoms with van der Waals surface area (Å²) in [5, 5.41) is 4.78. The summed E-state index contributed by atoms with van der Waals surface area (Å²) >= 11 is 1.79. The van der Waals surface area contributed by atoms with Gasteiger partial charge in [-0.1, -0.05) is 23.8 Å². The predicted octanol–water partition coefficient (Wildman–Crippen LogP) is 4.84. The van der Waals surface area contributed by atoms with E-state index in [1.807, 2.05) is 0 Å². The Morgan fingerprint density at radius 3 is 2.95 bits per heavy atom. The highest BCUT2D eigenvalue weighted by molar-refractivity contribution is 7.22. The first-order valence-corrected chi connectivity index (χ1v) is 8.64. The molecule has 106 valence electrons. The summed E-state index contributed by atoms with van der Waals surface area (Å²) in [5.74, 6) is 2.86. The quantitative estimate of drug-likeness (QED) is 0.873. The second kappa shape index (κ2) is 4.73. The van der Waals surface area contributed by atoms with Crippen molar-refractivity contribution in [1.29, 1.82) is 0 Å².